The van der Waals surface area contributed by atoms with Gasteiger partial charge in [-0.3, -0.25) is 5.10 Å². The molecule has 0 amide bonds. The summed E-state index contributed by atoms with van der Waals surface area (Å²) in [4.78, 5) is 0. The van der Waals surface area contributed by atoms with E-state index in [0.29, 0.717) is 5.15 Å². The Balaban J connectivity index is 2.34. The van der Waals surface area contributed by atoms with Gasteiger partial charge in [-0.2, -0.15) is 5.10 Å². The number of hydrogen-bond acceptors (Lipinski definition) is 2. The molecule has 1 saturated carbocycles. The number of aromatic amines is 1. The average Bonchev–Trinajstić information content (AvgIpc) is 2.59. The van der Waals surface area contributed by atoms with Gasteiger partial charge in [0, 0.05) is 11.1 Å². The third-order valence-corrected chi connectivity index (χ3v) is 2.91. The van der Waals surface area contributed by atoms with Gasteiger partial charge in [0.25, 0.3) is 0 Å². The summed E-state index contributed by atoms with van der Waals surface area (Å²) >= 11 is 5.91. The molecule has 3 N–H and O–H groups in total. The Labute approximate surface area is 76.3 Å². The van der Waals surface area contributed by atoms with Crippen molar-refractivity contribution in [2.75, 3.05) is 0 Å². The third kappa shape index (κ3) is 1.13. The Kier molecular flexibility index (Phi) is 1.85. The molecule has 12 heavy (non-hydrogen) atoms. The topological polar surface area (TPSA) is 54.7 Å². The zero-order valence-corrected chi connectivity index (χ0v) is 7.56. The highest BCUT2D eigenvalue weighted by atomic mass is 35.5. The first-order valence-corrected chi connectivity index (χ1v) is 4.58. The van der Waals surface area contributed by atoms with Crippen molar-refractivity contribution in [1.29, 1.82) is 0 Å². The molecule has 0 unspecified atom stereocenters. The van der Waals surface area contributed by atoms with E-state index in [1.165, 1.54) is 12.8 Å². The SMILES string of the molecule is NC1(c2cn[nH]c2Cl)CCCC1. The molecule has 0 bridgehead atoms. The van der Waals surface area contributed by atoms with Crippen molar-refractivity contribution in [3.05, 3.63) is 16.9 Å². The van der Waals surface area contributed by atoms with E-state index >= 15 is 0 Å². The number of halogens is 1. The lowest BCUT2D eigenvalue weighted by Crippen LogP contribution is -2.32. The van der Waals surface area contributed by atoms with Crippen molar-refractivity contribution in [2.24, 2.45) is 5.73 Å². The second-order valence-electron chi connectivity index (χ2n) is 3.46. The lowest BCUT2D eigenvalue weighted by atomic mass is 9.92. The molecule has 1 aliphatic rings. The molecule has 1 heterocycles. The molecule has 0 radical (unpaired) electrons. The Bertz CT molecular complexity index is 276. The van der Waals surface area contributed by atoms with Gasteiger partial charge in [-0.25, -0.2) is 0 Å². The maximum absolute atomic E-state index is 6.18. The number of H-pyrrole nitrogens is 1. The van der Waals surface area contributed by atoms with E-state index in [0.717, 1.165) is 18.4 Å². The maximum Gasteiger partial charge on any atom is 0.129 e. The summed E-state index contributed by atoms with van der Waals surface area (Å²) in [6.45, 7) is 0. The molecule has 0 aromatic carbocycles. The van der Waals surface area contributed by atoms with Crippen LogP contribution in [0.15, 0.2) is 6.20 Å². The summed E-state index contributed by atoms with van der Waals surface area (Å²) in [5, 5.41) is 7.18. The Hall–Kier alpha value is -0.540. The van der Waals surface area contributed by atoms with Crippen LogP contribution in [0.3, 0.4) is 0 Å². The van der Waals surface area contributed by atoms with E-state index in [4.69, 9.17) is 17.3 Å². The highest BCUT2D eigenvalue weighted by molar-refractivity contribution is 6.30. The highest BCUT2D eigenvalue weighted by Gasteiger charge is 2.33. The van der Waals surface area contributed by atoms with Gasteiger partial charge in [0.2, 0.25) is 0 Å². The van der Waals surface area contributed by atoms with Gasteiger partial charge in [0.05, 0.1) is 6.20 Å². The first-order chi connectivity index (χ1) is 5.72. The van der Waals surface area contributed by atoms with Gasteiger partial charge in [-0.15, -0.1) is 0 Å². The van der Waals surface area contributed by atoms with Gasteiger partial charge in [-0.1, -0.05) is 24.4 Å². The monoisotopic (exact) mass is 185 g/mol. The molecule has 4 heteroatoms. The van der Waals surface area contributed by atoms with Crippen LogP contribution in [-0.4, -0.2) is 10.2 Å². The summed E-state index contributed by atoms with van der Waals surface area (Å²) in [6.07, 6.45) is 6.17. The zero-order valence-electron chi connectivity index (χ0n) is 6.81. The minimum absolute atomic E-state index is 0.218. The molecule has 0 spiro atoms. The smallest absolute Gasteiger partial charge is 0.129 e. The molecule has 1 fully saturated rings. The van der Waals surface area contributed by atoms with Crippen molar-refractivity contribution >= 4 is 11.6 Å². The van der Waals surface area contributed by atoms with Crippen LogP contribution in [0.2, 0.25) is 5.15 Å². The number of aromatic nitrogens is 2. The Morgan fingerprint density at radius 3 is 2.67 bits per heavy atom. The lowest BCUT2D eigenvalue weighted by molar-refractivity contribution is 0.462. The van der Waals surface area contributed by atoms with Crippen molar-refractivity contribution in [3.8, 4) is 0 Å². The molecule has 1 aliphatic carbocycles. The van der Waals surface area contributed by atoms with Crippen LogP contribution in [0.5, 0.6) is 0 Å². The van der Waals surface area contributed by atoms with Crippen LogP contribution >= 0.6 is 11.6 Å². The molecule has 0 saturated heterocycles. The van der Waals surface area contributed by atoms with Crippen molar-refractivity contribution in [1.82, 2.24) is 10.2 Å². The van der Waals surface area contributed by atoms with Crippen LogP contribution in [0.4, 0.5) is 0 Å². The largest absolute Gasteiger partial charge is 0.321 e. The maximum atomic E-state index is 6.18. The van der Waals surface area contributed by atoms with Gasteiger partial charge in [-0.05, 0) is 12.8 Å². The fourth-order valence-electron chi connectivity index (χ4n) is 1.89. The normalized spacial score (nSPS) is 21.5. The van der Waals surface area contributed by atoms with Crippen LogP contribution in [0, 0.1) is 0 Å². The fourth-order valence-corrected chi connectivity index (χ4v) is 2.18. The van der Waals surface area contributed by atoms with Crippen molar-refractivity contribution in [3.63, 3.8) is 0 Å². The molecule has 2 rings (SSSR count). The molecule has 66 valence electrons. The third-order valence-electron chi connectivity index (χ3n) is 2.63. The van der Waals surface area contributed by atoms with E-state index in [9.17, 15) is 0 Å². The standard InChI is InChI=1S/C8H12ClN3/c9-7-6(5-11-12-7)8(10)3-1-2-4-8/h5H,1-4,10H2,(H,11,12). The van der Waals surface area contributed by atoms with E-state index in [-0.39, 0.29) is 5.54 Å². The summed E-state index contributed by atoms with van der Waals surface area (Å²) in [7, 11) is 0. The molecule has 0 atom stereocenters. The van der Waals surface area contributed by atoms with Gasteiger partial charge >= 0.3 is 0 Å². The number of rotatable bonds is 1. The number of nitrogens with two attached hydrogens (primary N) is 1. The van der Waals surface area contributed by atoms with Crippen molar-refractivity contribution in [2.45, 2.75) is 31.2 Å². The first-order valence-electron chi connectivity index (χ1n) is 4.21. The van der Waals surface area contributed by atoms with Crippen LogP contribution in [0.25, 0.3) is 0 Å². The summed E-state index contributed by atoms with van der Waals surface area (Å²) in [5.41, 5.74) is 6.94. The minimum Gasteiger partial charge on any atom is -0.321 e. The molecular weight excluding hydrogens is 174 g/mol. The van der Waals surface area contributed by atoms with E-state index in [1.54, 1.807) is 6.20 Å². The quantitative estimate of drug-likeness (QED) is 0.701. The molecule has 0 aliphatic heterocycles. The van der Waals surface area contributed by atoms with Crippen molar-refractivity contribution < 1.29 is 0 Å². The average molecular weight is 186 g/mol. The lowest BCUT2D eigenvalue weighted by Gasteiger charge is -2.21. The minimum atomic E-state index is -0.218. The fraction of sp³-hybridized carbons (Fsp3) is 0.625. The predicted molar refractivity (Wildman–Crippen MR) is 47.9 cm³/mol. The zero-order chi connectivity index (χ0) is 8.60. The summed E-state index contributed by atoms with van der Waals surface area (Å²) in [5.74, 6) is 0. The van der Waals surface area contributed by atoms with E-state index in [1.807, 2.05) is 0 Å². The number of hydrogen-bond donors (Lipinski definition) is 2. The summed E-state index contributed by atoms with van der Waals surface area (Å²) in [6, 6.07) is 0. The Morgan fingerprint density at radius 2 is 2.17 bits per heavy atom. The van der Waals surface area contributed by atoms with Gasteiger partial charge in [0.15, 0.2) is 0 Å². The van der Waals surface area contributed by atoms with E-state index in [2.05, 4.69) is 10.2 Å². The highest BCUT2D eigenvalue weighted by Crippen LogP contribution is 2.38. The van der Waals surface area contributed by atoms with Crippen LogP contribution < -0.4 is 5.73 Å². The molecule has 1 aromatic rings. The second-order valence-corrected chi connectivity index (χ2v) is 3.84. The predicted octanol–water partition coefficient (Wildman–Crippen LogP) is 1.79. The first kappa shape index (κ1) is 8.08. The second kappa shape index (κ2) is 2.75. The Morgan fingerprint density at radius 1 is 1.50 bits per heavy atom. The number of nitrogens with one attached hydrogen (secondary N) is 1. The van der Waals surface area contributed by atoms with Gasteiger partial charge < -0.3 is 5.73 Å². The van der Waals surface area contributed by atoms with Gasteiger partial charge in [0.1, 0.15) is 5.15 Å². The van der Waals surface area contributed by atoms with E-state index < -0.39 is 0 Å². The molecule has 3 nitrogen and oxygen atoms in total. The van der Waals surface area contributed by atoms with Crippen LogP contribution in [-0.2, 0) is 5.54 Å². The summed E-state index contributed by atoms with van der Waals surface area (Å²) < 4.78 is 0. The molecule has 1 aromatic heterocycles. The molecular formula is C8H12ClN3. The van der Waals surface area contributed by atoms with Crippen LogP contribution in [0.1, 0.15) is 31.2 Å². The number of nitrogens with zero attached hydrogens (tertiary/aromatic N) is 1.